The molecule has 0 saturated heterocycles. The summed E-state index contributed by atoms with van der Waals surface area (Å²) in [5.74, 6) is 0. The van der Waals surface area contributed by atoms with Crippen LogP contribution >= 0.6 is 0 Å². The van der Waals surface area contributed by atoms with Crippen LogP contribution in [0.1, 0.15) is 37.1 Å². The van der Waals surface area contributed by atoms with E-state index >= 15 is 0 Å². The van der Waals surface area contributed by atoms with Gasteiger partial charge in [-0.3, -0.25) is 4.68 Å². The highest BCUT2D eigenvalue weighted by Crippen LogP contribution is 2.36. The molecule has 78 valence electrons. The first-order valence-electron chi connectivity index (χ1n) is 5.37. The van der Waals surface area contributed by atoms with Crippen LogP contribution in [-0.4, -0.2) is 15.3 Å². The van der Waals surface area contributed by atoms with Crippen molar-refractivity contribution in [2.45, 2.75) is 44.6 Å². The maximum Gasteiger partial charge on any atom is 0.0596 e. The highest BCUT2D eigenvalue weighted by atomic mass is 15.3. The second kappa shape index (κ2) is 3.39. The Morgan fingerprint density at radius 2 is 2.29 bits per heavy atom. The first kappa shape index (κ1) is 9.71. The molecule has 0 aromatic carbocycles. The van der Waals surface area contributed by atoms with Gasteiger partial charge in [0.1, 0.15) is 0 Å². The molecule has 1 saturated carbocycles. The molecule has 1 aromatic heterocycles. The summed E-state index contributed by atoms with van der Waals surface area (Å²) in [7, 11) is 2.01. The van der Waals surface area contributed by atoms with Crippen molar-refractivity contribution < 1.29 is 0 Å². The summed E-state index contributed by atoms with van der Waals surface area (Å²) in [6.07, 6.45) is 5.90. The van der Waals surface area contributed by atoms with Crippen molar-refractivity contribution >= 4 is 0 Å². The number of aromatic nitrogens is 2. The van der Waals surface area contributed by atoms with Crippen LogP contribution in [0.3, 0.4) is 0 Å². The number of rotatable bonds is 4. The zero-order valence-electron chi connectivity index (χ0n) is 9.08. The van der Waals surface area contributed by atoms with E-state index in [9.17, 15) is 0 Å². The number of nitrogens with zero attached hydrogens (tertiary/aromatic N) is 2. The van der Waals surface area contributed by atoms with E-state index in [1.54, 1.807) is 0 Å². The zero-order valence-corrected chi connectivity index (χ0v) is 9.08. The first-order valence-corrected chi connectivity index (χ1v) is 5.37. The van der Waals surface area contributed by atoms with Gasteiger partial charge in [0.25, 0.3) is 0 Å². The second-order valence-corrected chi connectivity index (χ2v) is 4.62. The third-order valence-electron chi connectivity index (χ3n) is 3.10. The summed E-state index contributed by atoms with van der Waals surface area (Å²) in [6.45, 7) is 2.04. The highest BCUT2D eigenvalue weighted by molar-refractivity contribution is 5.09. The average Bonchev–Trinajstić information content (AvgIpc) is 2.73. The molecule has 2 rings (SSSR count). The maximum atomic E-state index is 6.03. The van der Waals surface area contributed by atoms with Crippen LogP contribution in [0.4, 0.5) is 0 Å². The standard InChI is InChI=1S/C11H19N3/c1-9-8-10(14(2)13-9)4-3-5-11(12)6-7-11/h8H,3-7,12H2,1-2H3. The number of hydrogen-bond acceptors (Lipinski definition) is 2. The van der Waals surface area contributed by atoms with Gasteiger partial charge < -0.3 is 5.73 Å². The second-order valence-electron chi connectivity index (χ2n) is 4.62. The summed E-state index contributed by atoms with van der Waals surface area (Å²) in [5.41, 5.74) is 8.67. The quantitative estimate of drug-likeness (QED) is 0.788. The molecule has 0 amide bonds. The SMILES string of the molecule is Cc1cc(CCCC2(N)CC2)n(C)n1. The predicted octanol–water partition coefficient (Wildman–Crippen LogP) is 1.54. The van der Waals surface area contributed by atoms with E-state index < -0.39 is 0 Å². The van der Waals surface area contributed by atoms with Gasteiger partial charge in [0, 0.05) is 18.3 Å². The first-order chi connectivity index (χ1) is 6.59. The molecule has 1 fully saturated rings. The molecule has 14 heavy (non-hydrogen) atoms. The summed E-state index contributed by atoms with van der Waals surface area (Å²) in [6, 6.07) is 2.16. The Balaban J connectivity index is 1.82. The Bertz CT molecular complexity index is 323. The lowest BCUT2D eigenvalue weighted by Crippen LogP contribution is -2.21. The molecular formula is C11H19N3. The Labute approximate surface area is 85.3 Å². The number of hydrogen-bond donors (Lipinski definition) is 1. The van der Waals surface area contributed by atoms with Gasteiger partial charge in [-0.05, 0) is 45.1 Å². The van der Waals surface area contributed by atoms with Gasteiger partial charge in [-0.15, -0.1) is 0 Å². The average molecular weight is 193 g/mol. The van der Waals surface area contributed by atoms with Crippen LogP contribution in [-0.2, 0) is 13.5 Å². The molecule has 1 aromatic rings. The van der Waals surface area contributed by atoms with E-state index in [2.05, 4.69) is 11.2 Å². The fourth-order valence-corrected chi connectivity index (χ4v) is 1.93. The molecule has 0 aliphatic heterocycles. The maximum absolute atomic E-state index is 6.03. The van der Waals surface area contributed by atoms with E-state index in [4.69, 9.17) is 5.73 Å². The molecular weight excluding hydrogens is 174 g/mol. The van der Waals surface area contributed by atoms with Crippen LogP contribution in [0.2, 0.25) is 0 Å². The lowest BCUT2D eigenvalue weighted by atomic mass is 10.1. The lowest BCUT2D eigenvalue weighted by molar-refractivity contribution is 0.562. The summed E-state index contributed by atoms with van der Waals surface area (Å²) in [4.78, 5) is 0. The summed E-state index contributed by atoms with van der Waals surface area (Å²) < 4.78 is 1.98. The Morgan fingerprint density at radius 1 is 1.57 bits per heavy atom. The lowest BCUT2D eigenvalue weighted by Gasteiger charge is -2.07. The molecule has 0 radical (unpaired) electrons. The summed E-state index contributed by atoms with van der Waals surface area (Å²) in [5, 5.41) is 4.33. The summed E-state index contributed by atoms with van der Waals surface area (Å²) >= 11 is 0. The van der Waals surface area contributed by atoms with Gasteiger partial charge in [0.15, 0.2) is 0 Å². The molecule has 1 aliphatic rings. The Kier molecular flexibility index (Phi) is 2.35. The molecule has 0 unspecified atom stereocenters. The third-order valence-corrected chi connectivity index (χ3v) is 3.10. The van der Waals surface area contributed by atoms with Crippen molar-refractivity contribution in [1.29, 1.82) is 0 Å². The molecule has 0 spiro atoms. The van der Waals surface area contributed by atoms with Gasteiger partial charge in [0.05, 0.1) is 5.69 Å². The van der Waals surface area contributed by atoms with Gasteiger partial charge in [-0.2, -0.15) is 5.10 Å². The van der Waals surface area contributed by atoms with Gasteiger partial charge in [-0.1, -0.05) is 0 Å². The van der Waals surface area contributed by atoms with E-state index in [1.165, 1.54) is 25.0 Å². The molecule has 3 heteroatoms. The minimum Gasteiger partial charge on any atom is -0.325 e. The third kappa shape index (κ3) is 2.15. The van der Waals surface area contributed by atoms with Crippen LogP contribution in [0.25, 0.3) is 0 Å². The van der Waals surface area contributed by atoms with Gasteiger partial charge in [0.2, 0.25) is 0 Å². The number of aryl methyl sites for hydroxylation is 3. The van der Waals surface area contributed by atoms with E-state index in [-0.39, 0.29) is 5.54 Å². The van der Waals surface area contributed by atoms with Crippen molar-refractivity contribution in [1.82, 2.24) is 9.78 Å². The minimum absolute atomic E-state index is 0.202. The molecule has 3 nitrogen and oxygen atoms in total. The number of nitrogens with two attached hydrogens (primary N) is 1. The van der Waals surface area contributed by atoms with Crippen molar-refractivity contribution in [2.24, 2.45) is 12.8 Å². The van der Waals surface area contributed by atoms with Crippen molar-refractivity contribution in [3.8, 4) is 0 Å². The molecule has 2 N–H and O–H groups in total. The molecule has 0 atom stereocenters. The zero-order chi connectivity index (χ0) is 10.2. The smallest absolute Gasteiger partial charge is 0.0596 e. The monoisotopic (exact) mass is 193 g/mol. The van der Waals surface area contributed by atoms with Crippen LogP contribution in [0.15, 0.2) is 6.07 Å². The van der Waals surface area contributed by atoms with E-state index in [0.29, 0.717) is 0 Å². The van der Waals surface area contributed by atoms with E-state index in [1.807, 2.05) is 18.7 Å². The van der Waals surface area contributed by atoms with E-state index in [0.717, 1.165) is 18.5 Å². The molecule has 0 bridgehead atoms. The molecule has 1 heterocycles. The Morgan fingerprint density at radius 3 is 2.79 bits per heavy atom. The van der Waals surface area contributed by atoms with Crippen molar-refractivity contribution in [3.05, 3.63) is 17.5 Å². The minimum atomic E-state index is 0.202. The Hall–Kier alpha value is -0.830. The van der Waals surface area contributed by atoms with Gasteiger partial charge in [-0.25, -0.2) is 0 Å². The van der Waals surface area contributed by atoms with Gasteiger partial charge >= 0.3 is 0 Å². The van der Waals surface area contributed by atoms with Crippen molar-refractivity contribution in [2.75, 3.05) is 0 Å². The highest BCUT2D eigenvalue weighted by Gasteiger charge is 2.36. The normalized spacial score (nSPS) is 18.5. The fourth-order valence-electron chi connectivity index (χ4n) is 1.93. The largest absolute Gasteiger partial charge is 0.325 e. The van der Waals surface area contributed by atoms with Crippen LogP contribution in [0, 0.1) is 6.92 Å². The topological polar surface area (TPSA) is 43.8 Å². The predicted molar refractivity (Wildman–Crippen MR) is 57.0 cm³/mol. The van der Waals surface area contributed by atoms with Crippen LogP contribution in [0.5, 0.6) is 0 Å². The van der Waals surface area contributed by atoms with Crippen molar-refractivity contribution in [3.63, 3.8) is 0 Å². The molecule has 1 aliphatic carbocycles. The van der Waals surface area contributed by atoms with Crippen LogP contribution < -0.4 is 5.73 Å². The fraction of sp³-hybridized carbons (Fsp3) is 0.727.